The van der Waals surface area contributed by atoms with Gasteiger partial charge in [-0.2, -0.15) is 0 Å². The average molecular weight is 428 g/mol. The fraction of sp³-hybridized carbons (Fsp3) is 0.333. The summed E-state index contributed by atoms with van der Waals surface area (Å²) in [4.78, 5) is 39.8. The molecule has 0 saturated carbocycles. The molecule has 1 saturated heterocycles. The molecule has 10 nitrogen and oxygen atoms in total. The largest absolute Gasteiger partial charge is 0.497 e. The average Bonchev–Trinajstić information content (AvgIpc) is 2.78. The van der Waals surface area contributed by atoms with Crippen LogP contribution in [0.3, 0.4) is 0 Å². The number of anilines is 2. The fourth-order valence-electron chi connectivity index (χ4n) is 3.46. The van der Waals surface area contributed by atoms with Gasteiger partial charge in [0.25, 0.3) is 5.69 Å². The molecule has 2 aromatic carbocycles. The maximum atomic E-state index is 12.8. The molecule has 0 unspecified atom stereocenters. The van der Waals surface area contributed by atoms with Gasteiger partial charge in [-0.25, -0.2) is 0 Å². The van der Waals surface area contributed by atoms with Crippen LogP contribution in [-0.4, -0.2) is 73.2 Å². The van der Waals surface area contributed by atoms with Crippen LogP contribution in [0.2, 0.25) is 0 Å². The standard InChI is InChI=1S/C21H24N4O6/c1-31-19-8-6-17(7-9-19)24(15-21(27)28)14-20(26)23-12-10-22(11-13-23)16-2-4-18(5-3-16)25(29)30/h2-9H,10-15H2,1H3,(H,27,28). The molecule has 0 atom stereocenters. The molecule has 3 rings (SSSR count). The Bertz CT molecular complexity index is 924. The highest BCUT2D eigenvalue weighted by atomic mass is 16.6. The van der Waals surface area contributed by atoms with Crippen molar-refractivity contribution in [1.82, 2.24) is 4.90 Å². The van der Waals surface area contributed by atoms with E-state index in [9.17, 15) is 24.8 Å². The van der Waals surface area contributed by atoms with Crippen molar-refractivity contribution < 1.29 is 24.4 Å². The van der Waals surface area contributed by atoms with Gasteiger partial charge in [0.05, 0.1) is 18.6 Å². The Labute approximate surface area is 179 Å². The number of methoxy groups -OCH3 is 1. The molecule has 1 fully saturated rings. The molecule has 1 heterocycles. The zero-order valence-electron chi connectivity index (χ0n) is 17.1. The van der Waals surface area contributed by atoms with E-state index in [1.807, 2.05) is 0 Å². The first-order valence-electron chi connectivity index (χ1n) is 9.75. The molecule has 1 amide bonds. The summed E-state index contributed by atoms with van der Waals surface area (Å²) in [6.07, 6.45) is 0. The zero-order chi connectivity index (χ0) is 22.4. The van der Waals surface area contributed by atoms with Crippen LogP contribution in [0, 0.1) is 10.1 Å². The molecule has 1 aliphatic heterocycles. The molecule has 10 heteroatoms. The fourth-order valence-corrected chi connectivity index (χ4v) is 3.46. The first-order chi connectivity index (χ1) is 14.9. The summed E-state index contributed by atoms with van der Waals surface area (Å²) in [5, 5.41) is 20.0. The van der Waals surface area contributed by atoms with Gasteiger partial charge in [-0.3, -0.25) is 19.7 Å². The Balaban J connectivity index is 1.60. The second-order valence-corrected chi connectivity index (χ2v) is 7.09. The Morgan fingerprint density at radius 2 is 1.65 bits per heavy atom. The number of carbonyl (C=O) groups excluding carboxylic acids is 1. The summed E-state index contributed by atoms with van der Waals surface area (Å²) in [6, 6.07) is 13.2. The molecular weight excluding hydrogens is 404 g/mol. The SMILES string of the molecule is COc1ccc(N(CC(=O)O)CC(=O)N2CCN(c3ccc([N+](=O)[O-])cc3)CC2)cc1. The number of non-ortho nitro benzene ring substituents is 1. The third-order valence-electron chi connectivity index (χ3n) is 5.15. The first-order valence-corrected chi connectivity index (χ1v) is 9.75. The van der Waals surface area contributed by atoms with Gasteiger partial charge < -0.3 is 24.5 Å². The molecule has 31 heavy (non-hydrogen) atoms. The second kappa shape index (κ2) is 9.79. The minimum atomic E-state index is -1.02. The van der Waals surface area contributed by atoms with Crippen molar-refractivity contribution in [2.75, 3.05) is 56.2 Å². The van der Waals surface area contributed by atoms with E-state index in [2.05, 4.69) is 4.90 Å². The maximum Gasteiger partial charge on any atom is 0.323 e. The molecule has 0 aliphatic carbocycles. The first kappa shape index (κ1) is 21.9. The van der Waals surface area contributed by atoms with Crippen LogP contribution < -0.4 is 14.5 Å². The van der Waals surface area contributed by atoms with Crippen LogP contribution in [0.25, 0.3) is 0 Å². The quantitative estimate of drug-likeness (QED) is 0.500. The number of rotatable bonds is 8. The van der Waals surface area contributed by atoms with E-state index in [4.69, 9.17) is 4.74 Å². The number of nitro groups is 1. The molecular formula is C21H24N4O6. The molecule has 0 spiro atoms. The third-order valence-corrected chi connectivity index (χ3v) is 5.15. The third kappa shape index (κ3) is 5.62. The summed E-state index contributed by atoms with van der Waals surface area (Å²) in [6.45, 7) is 1.81. The minimum Gasteiger partial charge on any atom is -0.497 e. The molecule has 1 aliphatic rings. The highest BCUT2D eigenvalue weighted by molar-refractivity contribution is 5.84. The lowest BCUT2D eigenvalue weighted by Crippen LogP contribution is -2.51. The number of carboxylic acid groups (broad SMARTS) is 1. The molecule has 2 aromatic rings. The molecule has 0 radical (unpaired) electrons. The van der Waals surface area contributed by atoms with Gasteiger partial charge in [-0.05, 0) is 36.4 Å². The summed E-state index contributed by atoms with van der Waals surface area (Å²) in [5.74, 6) is -0.528. The van der Waals surface area contributed by atoms with Gasteiger partial charge in [0.1, 0.15) is 12.3 Å². The van der Waals surface area contributed by atoms with Crippen molar-refractivity contribution in [2.24, 2.45) is 0 Å². The molecule has 1 N–H and O–H groups in total. The van der Waals surface area contributed by atoms with E-state index < -0.39 is 10.9 Å². The number of carbonyl (C=O) groups is 2. The van der Waals surface area contributed by atoms with E-state index in [0.29, 0.717) is 37.6 Å². The van der Waals surface area contributed by atoms with Crippen molar-refractivity contribution >= 4 is 28.9 Å². The van der Waals surface area contributed by atoms with E-state index in [0.717, 1.165) is 5.69 Å². The number of hydrogen-bond donors (Lipinski definition) is 1. The Morgan fingerprint density at radius 3 is 2.16 bits per heavy atom. The van der Waals surface area contributed by atoms with Gasteiger partial charge in [-0.15, -0.1) is 0 Å². The number of nitro benzene ring substituents is 1. The smallest absolute Gasteiger partial charge is 0.323 e. The highest BCUT2D eigenvalue weighted by Gasteiger charge is 2.24. The lowest BCUT2D eigenvalue weighted by Gasteiger charge is -2.37. The van der Waals surface area contributed by atoms with Gasteiger partial charge in [0.2, 0.25) is 5.91 Å². The lowest BCUT2D eigenvalue weighted by molar-refractivity contribution is -0.384. The number of nitrogens with zero attached hydrogens (tertiary/aromatic N) is 4. The van der Waals surface area contributed by atoms with Crippen LogP contribution in [0.1, 0.15) is 0 Å². The van der Waals surface area contributed by atoms with E-state index in [1.165, 1.54) is 17.0 Å². The van der Waals surface area contributed by atoms with Crippen molar-refractivity contribution in [1.29, 1.82) is 0 Å². The van der Waals surface area contributed by atoms with Crippen LogP contribution in [0.5, 0.6) is 5.75 Å². The van der Waals surface area contributed by atoms with Crippen molar-refractivity contribution in [3.05, 3.63) is 58.6 Å². The minimum absolute atomic E-state index is 0.0367. The van der Waals surface area contributed by atoms with Gasteiger partial charge in [0, 0.05) is 49.7 Å². The lowest BCUT2D eigenvalue weighted by atomic mass is 10.2. The summed E-state index contributed by atoms with van der Waals surface area (Å²) in [7, 11) is 1.55. The number of piperazine rings is 1. The van der Waals surface area contributed by atoms with E-state index in [1.54, 1.807) is 48.4 Å². The van der Waals surface area contributed by atoms with Crippen LogP contribution in [0.4, 0.5) is 17.1 Å². The second-order valence-electron chi connectivity index (χ2n) is 7.09. The molecule has 0 bridgehead atoms. The van der Waals surface area contributed by atoms with Gasteiger partial charge in [0.15, 0.2) is 0 Å². The number of benzene rings is 2. The number of aliphatic carboxylic acids is 1. The number of carboxylic acids is 1. The van der Waals surface area contributed by atoms with E-state index >= 15 is 0 Å². The van der Waals surface area contributed by atoms with Crippen LogP contribution in [0.15, 0.2) is 48.5 Å². The van der Waals surface area contributed by atoms with Crippen molar-refractivity contribution in [2.45, 2.75) is 0 Å². The summed E-state index contributed by atoms with van der Waals surface area (Å²) < 4.78 is 5.12. The predicted octanol–water partition coefficient (Wildman–Crippen LogP) is 1.84. The number of ether oxygens (including phenoxy) is 1. The highest BCUT2D eigenvalue weighted by Crippen LogP contribution is 2.22. The van der Waals surface area contributed by atoms with Crippen LogP contribution >= 0.6 is 0 Å². The number of hydrogen-bond acceptors (Lipinski definition) is 7. The van der Waals surface area contributed by atoms with Crippen LogP contribution in [-0.2, 0) is 9.59 Å². The maximum absolute atomic E-state index is 12.8. The Hall–Kier alpha value is -3.82. The van der Waals surface area contributed by atoms with E-state index in [-0.39, 0.29) is 24.7 Å². The number of amides is 1. The summed E-state index contributed by atoms with van der Waals surface area (Å²) in [5.41, 5.74) is 1.53. The van der Waals surface area contributed by atoms with Gasteiger partial charge in [-0.1, -0.05) is 0 Å². The van der Waals surface area contributed by atoms with Crippen molar-refractivity contribution in [3.63, 3.8) is 0 Å². The van der Waals surface area contributed by atoms with Gasteiger partial charge >= 0.3 is 5.97 Å². The monoisotopic (exact) mass is 428 g/mol. The topological polar surface area (TPSA) is 116 Å². The molecule has 0 aromatic heterocycles. The molecule has 164 valence electrons. The predicted molar refractivity (Wildman–Crippen MR) is 115 cm³/mol. The Kier molecular flexibility index (Phi) is 6.91. The summed E-state index contributed by atoms with van der Waals surface area (Å²) >= 11 is 0. The Morgan fingerprint density at radius 1 is 1.03 bits per heavy atom. The van der Waals surface area contributed by atoms with Crippen molar-refractivity contribution in [3.8, 4) is 5.75 Å². The normalized spacial score (nSPS) is 13.6. The zero-order valence-corrected chi connectivity index (χ0v) is 17.1.